The summed E-state index contributed by atoms with van der Waals surface area (Å²) < 4.78 is 1.89. The lowest BCUT2D eigenvalue weighted by molar-refractivity contribution is -0.116. The monoisotopic (exact) mass is 226 g/mol. The molecular weight excluding hydrogens is 208 g/mol. The summed E-state index contributed by atoms with van der Waals surface area (Å²) in [4.78, 5) is 15.7. The van der Waals surface area contributed by atoms with E-state index in [0.717, 1.165) is 11.6 Å². The van der Waals surface area contributed by atoms with Crippen molar-refractivity contribution in [1.82, 2.24) is 9.55 Å². The Hall–Kier alpha value is -0.770. The zero-order valence-corrected chi connectivity index (χ0v) is 10.4. The molecule has 0 aromatic carbocycles. The van der Waals surface area contributed by atoms with Gasteiger partial charge in [-0.25, -0.2) is 4.98 Å². The number of thioether (sulfide) groups is 1. The second-order valence-corrected chi connectivity index (χ2v) is 5.11. The number of carbonyl (C=O) groups excluding carboxylic acids is 1. The Labute approximate surface area is 95.3 Å². The SMILES string of the molecule is CC(C)CSCC(=O)Cc1nccn1C. The smallest absolute Gasteiger partial charge is 0.150 e. The van der Waals surface area contributed by atoms with Crippen LogP contribution in [-0.2, 0) is 18.3 Å². The van der Waals surface area contributed by atoms with Crippen LogP contribution in [0.2, 0.25) is 0 Å². The van der Waals surface area contributed by atoms with E-state index in [2.05, 4.69) is 18.8 Å². The lowest BCUT2D eigenvalue weighted by Gasteiger charge is -2.04. The maximum atomic E-state index is 11.6. The summed E-state index contributed by atoms with van der Waals surface area (Å²) >= 11 is 1.71. The zero-order valence-electron chi connectivity index (χ0n) is 9.56. The van der Waals surface area contributed by atoms with Crippen LogP contribution in [0.15, 0.2) is 12.4 Å². The predicted molar refractivity (Wildman–Crippen MR) is 64.1 cm³/mol. The van der Waals surface area contributed by atoms with E-state index in [1.54, 1.807) is 18.0 Å². The largest absolute Gasteiger partial charge is 0.338 e. The molecule has 0 atom stereocenters. The van der Waals surface area contributed by atoms with Gasteiger partial charge in [0.1, 0.15) is 11.6 Å². The lowest BCUT2D eigenvalue weighted by Crippen LogP contribution is -2.10. The highest BCUT2D eigenvalue weighted by molar-refractivity contribution is 7.99. The molecule has 0 N–H and O–H groups in total. The number of aromatic nitrogens is 2. The fraction of sp³-hybridized carbons (Fsp3) is 0.636. The van der Waals surface area contributed by atoms with Crippen molar-refractivity contribution < 1.29 is 4.79 Å². The van der Waals surface area contributed by atoms with Crippen LogP contribution in [0, 0.1) is 5.92 Å². The van der Waals surface area contributed by atoms with Gasteiger partial charge in [0.15, 0.2) is 0 Å². The molecule has 0 unspecified atom stereocenters. The summed E-state index contributed by atoms with van der Waals surface area (Å²) in [6.45, 7) is 4.33. The summed E-state index contributed by atoms with van der Waals surface area (Å²) in [7, 11) is 1.91. The van der Waals surface area contributed by atoms with Crippen molar-refractivity contribution in [3.05, 3.63) is 18.2 Å². The van der Waals surface area contributed by atoms with Gasteiger partial charge in [-0.1, -0.05) is 13.8 Å². The summed E-state index contributed by atoms with van der Waals surface area (Å²) in [6, 6.07) is 0. The van der Waals surface area contributed by atoms with Crippen LogP contribution in [0.5, 0.6) is 0 Å². The van der Waals surface area contributed by atoms with Crippen LogP contribution in [0.25, 0.3) is 0 Å². The van der Waals surface area contributed by atoms with Crippen LogP contribution in [0.1, 0.15) is 19.7 Å². The standard InChI is InChI=1S/C11H18N2OS/c1-9(2)7-15-8-10(14)6-11-12-4-5-13(11)3/h4-5,9H,6-8H2,1-3H3. The molecule has 0 aliphatic carbocycles. The number of carbonyl (C=O) groups is 1. The summed E-state index contributed by atoms with van der Waals surface area (Å²) in [5.74, 6) is 3.41. The fourth-order valence-corrected chi connectivity index (χ4v) is 2.12. The van der Waals surface area contributed by atoms with E-state index >= 15 is 0 Å². The minimum atomic E-state index is 0.259. The van der Waals surface area contributed by atoms with E-state index in [1.165, 1.54) is 0 Å². The second-order valence-electron chi connectivity index (χ2n) is 4.08. The number of rotatable bonds is 6. The molecule has 0 bridgehead atoms. The van der Waals surface area contributed by atoms with E-state index in [9.17, 15) is 4.79 Å². The third kappa shape index (κ3) is 4.51. The summed E-state index contributed by atoms with van der Waals surface area (Å²) in [6.07, 6.45) is 4.04. The van der Waals surface area contributed by atoms with Gasteiger partial charge in [-0.15, -0.1) is 0 Å². The lowest BCUT2D eigenvalue weighted by atomic mass is 10.3. The van der Waals surface area contributed by atoms with Crippen molar-refractivity contribution in [2.24, 2.45) is 13.0 Å². The van der Waals surface area contributed by atoms with Crippen LogP contribution in [-0.4, -0.2) is 26.8 Å². The van der Waals surface area contributed by atoms with Crippen molar-refractivity contribution in [3.8, 4) is 0 Å². The Morgan fingerprint density at radius 3 is 2.87 bits per heavy atom. The molecule has 0 fully saturated rings. The van der Waals surface area contributed by atoms with Crippen LogP contribution in [0.4, 0.5) is 0 Å². The van der Waals surface area contributed by atoms with E-state index in [1.807, 2.05) is 17.8 Å². The average Bonchev–Trinajstić information content (AvgIpc) is 2.51. The first-order valence-electron chi connectivity index (χ1n) is 5.15. The van der Waals surface area contributed by atoms with Crippen molar-refractivity contribution in [1.29, 1.82) is 0 Å². The van der Waals surface area contributed by atoms with Gasteiger partial charge in [-0.3, -0.25) is 4.79 Å². The first-order valence-corrected chi connectivity index (χ1v) is 6.30. The van der Waals surface area contributed by atoms with Gasteiger partial charge in [-0.05, 0) is 11.7 Å². The number of nitrogens with zero attached hydrogens (tertiary/aromatic N) is 2. The first-order chi connectivity index (χ1) is 7.09. The molecule has 15 heavy (non-hydrogen) atoms. The summed E-state index contributed by atoms with van der Waals surface area (Å²) in [5, 5.41) is 0. The third-order valence-electron chi connectivity index (χ3n) is 1.99. The predicted octanol–water partition coefficient (Wildman–Crippen LogP) is 1.92. The van der Waals surface area contributed by atoms with Gasteiger partial charge in [0.2, 0.25) is 0 Å². The Balaban J connectivity index is 2.28. The topological polar surface area (TPSA) is 34.9 Å². The van der Waals surface area contributed by atoms with Gasteiger partial charge in [-0.2, -0.15) is 11.8 Å². The van der Waals surface area contributed by atoms with Gasteiger partial charge >= 0.3 is 0 Å². The Morgan fingerprint density at radius 1 is 1.60 bits per heavy atom. The highest BCUT2D eigenvalue weighted by atomic mass is 32.2. The molecule has 1 aromatic rings. The molecule has 84 valence electrons. The van der Waals surface area contributed by atoms with Crippen LogP contribution in [0.3, 0.4) is 0 Å². The van der Waals surface area contributed by atoms with E-state index < -0.39 is 0 Å². The minimum absolute atomic E-state index is 0.259. The third-order valence-corrected chi connectivity index (χ3v) is 3.42. The Bertz CT molecular complexity index is 320. The molecule has 1 rings (SSSR count). The molecule has 0 radical (unpaired) electrons. The second kappa shape index (κ2) is 5.95. The highest BCUT2D eigenvalue weighted by Gasteiger charge is 2.07. The molecule has 0 spiro atoms. The number of aryl methyl sites for hydroxylation is 1. The molecule has 1 heterocycles. The molecule has 0 aliphatic heterocycles. The molecule has 1 aromatic heterocycles. The number of hydrogen-bond acceptors (Lipinski definition) is 3. The number of ketones is 1. The van der Waals surface area contributed by atoms with Crippen molar-refractivity contribution in [3.63, 3.8) is 0 Å². The number of imidazole rings is 1. The van der Waals surface area contributed by atoms with Crippen LogP contribution >= 0.6 is 11.8 Å². The molecule has 4 heteroatoms. The quantitative estimate of drug-likeness (QED) is 0.743. The molecule has 0 saturated carbocycles. The maximum Gasteiger partial charge on any atom is 0.150 e. The van der Waals surface area contributed by atoms with Crippen molar-refractivity contribution in [2.75, 3.05) is 11.5 Å². The highest BCUT2D eigenvalue weighted by Crippen LogP contribution is 2.08. The number of Topliss-reactive ketones (excluding diaryl/α,β-unsaturated/α-hetero) is 1. The van der Waals surface area contributed by atoms with E-state index in [-0.39, 0.29) is 5.78 Å². The summed E-state index contributed by atoms with van der Waals surface area (Å²) in [5.41, 5.74) is 0. The molecular formula is C11H18N2OS. The Morgan fingerprint density at radius 2 is 2.33 bits per heavy atom. The molecule has 0 amide bonds. The van der Waals surface area contributed by atoms with Gasteiger partial charge in [0.25, 0.3) is 0 Å². The molecule has 0 saturated heterocycles. The first kappa shape index (κ1) is 12.3. The minimum Gasteiger partial charge on any atom is -0.338 e. The van der Waals surface area contributed by atoms with Gasteiger partial charge < -0.3 is 4.57 Å². The van der Waals surface area contributed by atoms with Crippen LogP contribution < -0.4 is 0 Å². The van der Waals surface area contributed by atoms with Crippen molar-refractivity contribution >= 4 is 17.5 Å². The van der Waals surface area contributed by atoms with E-state index in [0.29, 0.717) is 18.1 Å². The van der Waals surface area contributed by atoms with Gasteiger partial charge in [0, 0.05) is 19.4 Å². The van der Waals surface area contributed by atoms with Gasteiger partial charge in [0.05, 0.1) is 12.2 Å². The molecule has 0 aliphatic rings. The van der Waals surface area contributed by atoms with Crippen molar-refractivity contribution in [2.45, 2.75) is 20.3 Å². The normalized spacial score (nSPS) is 10.9. The number of hydrogen-bond donors (Lipinski definition) is 0. The Kier molecular flexibility index (Phi) is 4.88. The zero-order chi connectivity index (χ0) is 11.3. The molecule has 3 nitrogen and oxygen atoms in total. The fourth-order valence-electron chi connectivity index (χ4n) is 1.20. The van der Waals surface area contributed by atoms with E-state index in [4.69, 9.17) is 0 Å². The maximum absolute atomic E-state index is 11.6. The average molecular weight is 226 g/mol.